The summed E-state index contributed by atoms with van der Waals surface area (Å²) in [4.78, 5) is 11.0. The van der Waals surface area contributed by atoms with Crippen molar-refractivity contribution in [2.45, 2.75) is 27.2 Å². The van der Waals surface area contributed by atoms with Crippen molar-refractivity contribution in [2.24, 2.45) is 5.41 Å². The molecule has 88 valence electrons. The van der Waals surface area contributed by atoms with Crippen LogP contribution in [0.15, 0.2) is 16.6 Å². The van der Waals surface area contributed by atoms with Crippen LogP contribution in [-0.2, 0) is 11.2 Å². The van der Waals surface area contributed by atoms with Crippen molar-refractivity contribution >= 4 is 21.9 Å². The summed E-state index contributed by atoms with van der Waals surface area (Å²) in [5.74, 6) is -0.658. The number of aromatic hydroxyl groups is 1. The molecule has 0 fully saturated rings. The number of halogens is 1. The number of hydrogen-bond acceptors (Lipinski definition) is 2. The molecule has 0 bridgehead atoms. The van der Waals surface area contributed by atoms with Gasteiger partial charge >= 0.3 is 5.97 Å². The highest BCUT2D eigenvalue weighted by Crippen LogP contribution is 2.30. The Hall–Kier alpha value is -1.03. The minimum Gasteiger partial charge on any atom is -0.508 e. The standard InChI is InChI=1S/C12H15BrO3/c1-7-9(13)4-8(5-10(7)14)6-12(2,3)11(15)16/h4-5,14H,6H2,1-3H3,(H,15,16). The smallest absolute Gasteiger partial charge is 0.309 e. The topological polar surface area (TPSA) is 57.5 Å². The second-order valence-electron chi connectivity index (χ2n) is 4.59. The number of carboxylic acid groups (broad SMARTS) is 1. The van der Waals surface area contributed by atoms with Crippen LogP contribution in [0.25, 0.3) is 0 Å². The summed E-state index contributed by atoms with van der Waals surface area (Å²) >= 11 is 3.33. The molecule has 0 saturated carbocycles. The molecule has 2 N–H and O–H groups in total. The fourth-order valence-electron chi connectivity index (χ4n) is 1.41. The zero-order valence-corrected chi connectivity index (χ0v) is 11.1. The van der Waals surface area contributed by atoms with Crippen LogP contribution in [0.1, 0.15) is 25.0 Å². The lowest BCUT2D eigenvalue weighted by atomic mass is 9.85. The SMILES string of the molecule is Cc1c(O)cc(CC(C)(C)C(=O)O)cc1Br. The number of hydrogen-bond donors (Lipinski definition) is 2. The van der Waals surface area contributed by atoms with E-state index in [1.54, 1.807) is 26.8 Å². The van der Waals surface area contributed by atoms with E-state index in [4.69, 9.17) is 5.11 Å². The van der Waals surface area contributed by atoms with Crippen molar-refractivity contribution in [3.05, 3.63) is 27.7 Å². The molecule has 0 amide bonds. The molecule has 0 radical (unpaired) electrons. The maximum atomic E-state index is 11.0. The Labute approximate surface area is 103 Å². The molecule has 0 atom stereocenters. The van der Waals surface area contributed by atoms with Crippen LogP contribution in [0.4, 0.5) is 0 Å². The summed E-state index contributed by atoms with van der Waals surface area (Å²) in [6.07, 6.45) is 0.384. The van der Waals surface area contributed by atoms with Gasteiger partial charge in [0.05, 0.1) is 5.41 Å². The average molecular weight is 287 g/mol. The van der Waals surface area contributed by atoms with Gasteiger partial charge in [0.15, 0.2) is 0 Å². The van der Waals surface area contributed by atoms with Gasteiger partial charge in [-0.1, -0.05) is 15.9 Å². The van der Waals surface area contributed by atoms with Gasteiger partial charge < -0.3 is 10.2 Å². The number of benzene rings is 1. The Morgan fingerprint density at radius 1 is 1.44 bits per heavy atom. The van der Waals surface area contributed by atoms with Crippen LogP contribution in [-0.4, -0.2) is 16.2 Å². The molecule has 1 aromatic rings. The second-order valence-corrected chi connectivity index (χ2v) is 5.44. The summed E-state index contributed by atoms with van der Waals surface area (Å²) in [6, 6.07) is 3.46. The van der Waals surface area contributed by atoms with Crippen molar-refractivity contribution in [3.63, 3.8) is 0 Å². The first-order chi connectivity index (χ1) is 7.24. The maximum Gasteiger partial charge on any atom is 0.309 e. The molecule has 0 aromatic heterocycles. The molecule has 4 heteroatoms. The normalized spacial score (nSPS) is 11.5. The van der Waals surface area contributed by atoms with Crippen molar-refractivity contribution < 1.29 is 15.0 Å². The van der Waals surface area contributed by atoms with Crippen LogP contribution in [0, 0.1) is 12.3 Å². The number of phenols is 1. The third-order valence-electron chi connectivity index (χ3n) is 2.60. The Morgan fingerprint density at radius 3 is 2.44 bits per heavy atom. The van der Waals surface area contributed by atoms with E-state index in [1.165, 1.54) is 0 Å². The summed E-state index contributed by atoms with van der Waals surface area (Å²) in [7, 11) is 0. The monoisotopic (exact) mass is 286 g/mol. The van der Waals surface area contributed by atoms with Gasteiger partial charge in [-0.3, -0.25) is 4.79 Å². The molecule has 0 spiro atoms. The zero-order valence-electron chi connectivity index (χ0n) is 9.54. The minimum atomic E-state index is -0.844. The van der Waals surface area contributed by atoms with Gasteiger partial charge in [-0.25, -0.2) is 0 Å². The van der Waals surface area contributed by atoms with E-state index in [1.807, 2.05) is 6.07 Å². The summed E-state index contributed by atoms with van der Waals surface area (Å²) < 4.78 is 0.795. The number of phenolic OH excluding ortho intramolecular Hbond substituents is 1. The van der Waals surface area contributed by atoms with Crippen LogP contribution < -0.4 is 0 Å². The molecule has 1 aromatic carbocycles. The van der Waals surface area contributed by atoms with Crippen LogP contribution >= 0.6 is 15.9 Å². The highest BCUT2D eigenvalue weighted by atomic mass is 79.9. The Kier molecular flexibility index (Phi) is 3.63. The highest BCUT2D eigenvalue weighted by Gasteiger charge is 2.27. The molecule has 3 nitrogen and oxygen atoms in total. The van der Waals surface area contributed by atoms with Crippen molar-refractivity contribution in [1.82, 2.24) is 0 Å². The van der Waals surface area contributed by atoms with Crippen molar-refractivity contribution in [1.29, 1.82) is 0 Å². The molecule has 0 heterocycles. The quantitative estimate of drug-likeness (QED) is 0.898. The summed E-state index contributed by atoms with van der Waals surface area (Å²) in [5, 5.41) is 18.7. The highest BCUT2D eigenvalue weighted by molar-refractivity contribution is 9.10. The first-order valence-corrected chi connectivity index (χ1v) is 5.75. The lowest BCUT2D eigenvalue weighted by Crippen LogP contribution is -2.26. The average Bonchev–Trinajstić information content (AvgIpc) is 2.13. The molecule has 16 heavy (non-hydrogen) atoms. The van der Waals surface area contributed by atoms with Gasteiger partial charge in [0.1, 0.15) is 5.75 Å². The lowest BCUT2D eigenvalue weighted by molar-refractivity contribution is -0.146. The maximum absolute atomic E-state index is 11.0. The van der Waals surface area contributed by atoms with Crippen molar-refractivity contribution in [2.75, 3.05) is 0 Å². The molecule has 0 unspecified atom stereocenters. The van der Waals surface area contributed by atoms with Gasteiger partial charge in [0.2, 0.25) is 0 Å². The predicted octanol–water partition coefficient (Wildman–Crippen LogP) is 3.12. The van der Waals surface area contributed by atoms with Crippen LogP contribution in [0.3, 0.4) is 0 Å². The lowest BCUT2D eigenvalue weighted by Gasteiger charge is -2.19. The van der Waals surface area contributed by atoms with E-state index >= 15 is 0 Å². The third-order valence-corrected chi connectivity index (χ3v) is 3.43. The van der Waals surface area contributed by atoms with E-state index in [9.17, 15) is 9.90 Å². The molecule has 0 aliphatic heterocycles. The van der Waals surface area contributed by atoms with E-state index in [2.05, 4.69) is 15.9 Å². The summed E-state index contributed by atoms with van der Waals surface area (Å²) in [5.41, 5.74) is 0.737. The molecular weight excluding hydrogens is 272 g/mol. The fourth-order valence-corrected chi connectivity index (χ4v) is 1.90. The zero-order chi connectivity index (χ0) is 12.5. The first kappa shape index (κ1) is 13.0. The van der Waals surface area contributed by atoms with Crippen LogP contribution in [0.5, 0.6) is 5.75 Å². The molecule has 0 saturated heterocycles. The number of rotatable bonds is 3. The molecule has 0 aliphatic carbocycles. The molecule has 0 aliphatic rings. The van der Waals surface area contributed by atoms with Gasteiger partial charge in [0, 0.05) is 10.0 Å². The number of carboxylic acids is 1. The van der Waals surface area contributed by atoms with Crippen LogP contribution in [0.2, 0.25) is 0 Å². The summed E-state index contributed by atoms with van der Waals surface area (Å²) in [6.45, 7) is 5.13. The van der Waals surface area contributed by atoms with Crippen molar-refractivity contribution in [3.8, 4) is 5.75 Å². The van der Waals surface area contributed by atoms with E-state index in [0.29, 0.717) is 6.42 Å². The second kappa shape index (κ2) is 4.45. The first-order valence-electron chi connectivity index (χ1n) is 4.95. The van der Waals surface area contributed by atoms with Gasteiger partial charge in [0.25, 0.3) is 0 Å². The van der Waals surface area contributed by atoms with E-state index < -0.39 is 11.4 Å². The predicted molar refractivity (Wildman–Crippen MR) is 65.7 cm³/mol. The van der Waals surface area contributed by atoms with Gasteiger partial charge in [-0.15, -0.1) is 0 Å². The Bertz CT molecular complexity index is 401. The molecular formula is C12H15BrO3. The van der Waals surface area contributed by atoms with Gasteiger partial charge in [-0.05, 0) is 44.9 Å². The third kappa shape index (κ3) is 2.76. The van der Waals surface area contributed by atoms with Gasteiger partial charge in [-0.2, -0.15) is 0 Å². The Morgan fingerprint density at radius 2 is 2.00 bits per heavy atom. The number of aliphatic carboxylic acids is 1. The largest absolute Gasteiger partial charge is 0.508 e. The molecule has 1 rings (SSSR count). The minimum absolute atomic E-state index is 0.186. The fraction of sp³-hybridized carbons (Fsp3) is 0.417. The van der Waals surface area contributed by atoms with E-state index in [0.717, 1.165) is 15.6 Å². The Balaban J connectivity index is 3.04. The number of carbonyl (C=O) groups is 1. The van der Waals surface area contributed by atoms with E-state index in [-0.39, 0.29) is 5.75 Å².